The van der Waals surface area contributed by atoms with E-state index < -0.39 is 0 Å². The standard InChI is InChI=1S/C18H29NO/c1-4-19-18(17-7-5-6-12-20-17)16-10-8-15(9-11-16)13-14(2)3/h8-11,14,17-19H,4-7,12-13H2,1-3H3. The van der Waals surface area contributed by atoms with Crippen molar-refractivity contribution in [3.8, 4) is 0 Å². The zero-order valence-corrected chi connectivity index (χ0v) is 13.2. The van der Waals surface area contributed by atoms with Gasteiger partial charge in [0, 0.05) is 6.61 Å². The monoisotopic (exact) mass is 275 g/mol. The Labute approximate surface area is 123 Å². The Hall–Kier alpha value is -0.860. The molecular formula is C18H29NO. The van der Waals surface area contributed by atoms with Gasteiger partial charge in [0.15, 0.2) is 0 Å². The zero-order chi connectivity index (χ0) is 14.4. The molecule has 2 atom stereocenters. The van der Waals surface area contributed by atoms with Gasteiger partial charge in [0.2, 0.25) is 0 Å². The molecule has 1 heterocycles. The molecule has 2 rings (SSSR count). The number of hydrogen-bond donors (Lipinski definition) is 1. The molecule has 1 aromatic rings. The smallest absolute Gasteiger partial charge is 0.0769 e. The fourth-order valence-corrected chi connectivity index (χ4v) is 3.04. The molecular weight excluding hydrogens is 246 g/mol. The lowest BCUT2D eigenvalue weighted by Gasteiger charge is -2.31. The van der Waals surface area contributed by atoms with Crippen LogP contribution in [0.4, 0.5) is 0 Å². The largest absolute Gasteiger partial charge is 0.376 e. The van der Waals surface area contributed by atoms with Gasteiger partial charge in [0.25, 0.3) is 0 Å². The Morgan fingerprint density at radius 3 is 2.50 bits per heavy atom. The molecule has 112 valence electrons. The number of nitrogens with one attached hydrogen (secondary N) is 1. The fraction of sp³-hybridized carbons (Fsp3) is 0.667. The second kappa shape index (κ2) is 7.80. The van der Waals surface area contributed by atoms with E-state index in [0.29, 0.717) is 18.1 Å². The van der Waals surface area contributed by atoms with Crippen molar-refractivity contribution in [1.82, 2.24) is 5.32 Å². The number of ether oxygens (including phenoxy) is 1. The molecule has 0 amide bonds. The quantitative estimate of drug-likeness (QED) is 0.843. The molecule has 0 spiro atoms. The van der Waals surface area contributed by atoms with Gasteiger partial charge in [-0.2, -0.15) is 0 Å². The maximum atomic E-state index is 5.98. The summed E-state index contributed by atoms with van der Waals surface area (Å²) in [5, 5.41) is 3.60. The maximum Gasteiger partial charge on any atom is 0.0769 e. The van der Waals surface area contributed by atoms with E-state index in [1.807, 2.05) is 0 Å². The molecule has 0 aromatic heterocycles. The van der Waals surface area contributed by atoms with Crippen LogP contribution in [0.25, 0.3) is 0 Å². The summed E-state index contributed by atoms with van der Waals surface area (Å²) in [7, 11) is 0. The molecule has 1 aliphatic heterocycles. The first-order valence-electron chi connectivity index (χ1n) is 8.14. The molecule has 1 N–H and O–H groups in total. The lowest BCUT2D eigenvalue weighted by Crippen LogP contribution is -2.35. The number of hydrogen-bond acceptors (Lipinski definition) is 2. The molecule has 2 nitrogen and oxygen atoms in total. The van der Waals surface area contributed by atoms with E-state index in [2.05, 4.69) is 50.4 Å². The highest BCUT2D eigenvalue weighted by Gasteiger charge is 2.25. The fourth-order valence-electron chi connectivity index (χ4n) is 3.04. The third kappa shape index (κ3) is 4.32. The molecule has 2 unspecified atom stereocenters. The topological polar surface area (TPSA) is 21.3 Å². The number of likely N-dealkylation sites (N-methyl/N-ethyl adjacent to an activating group) is 1. The van der Waals surface area contributed by atoms with Crippen molar-refractivity contribution in [1.29, 1.82) is 0 Å². The average Bonchev–Trinajstić information content (AvgIpc) is 2.46. The number of benzene rings is 1. The van der Waals surface area contributed by atoms with Crippen LogP contribution in [0.2, 0.25) is 0 Å². The Morgan fingerprint density at radius 1 is 1.20 bits per heavy atom. The Morgan fingerprint density at radius 2 is 1.95 bits per heavy atom. The number of rotatable bonds is 6. The van der Waals surface area contributed by atoms with Gasteiger partial charge in [-0.05, 0) is 49.3 Å². The summed E-state index contributed by atoms with van der Waals surface area (Å²) >= 11 is 0. The molecule has 0 aliphatic carbocycles. The van der Waals surface area contributed by atoms with E-state index in [0.717, 1.165) is 19.6 Å². The van der Waals surface area contributed by atoms with Gasteiger partial charge in [0.05, 0.1) is 12.1 Å². The Bertz CT molecular complexity index is 379. The van der Waals surface area contributed by atoms with E-state index in [-0.39, 0.29) is 0 Å². The zero-order valence-electron chi connectivity index (χ0n) is 13.2. The van der Waals surface area contributed by atoms with Crippen LogP contribution in [0.5, 0.6) is 0 Å². The van der Waals surface area contributed by atoms with Gasteiger partial charge in [-0.3, -0.25) is 0 Å². The normalized spacial score (nSPS) is 21.1. The van der Waals surface area contributed by atoms with E-state index in [9.17, 15) is 0 Å². The van der Waals surface area contributed by atoms with Gasteiger partial charge in [-0.15, -0.1) is 0 Å². The minimum Gasteiger partial charge on any atom is -0.376 e. The first-order chi connectivity index (χ1) is 9.70. The summed E-state index contributed by atoms with van der Waals surface area (Å²) < 4.78 is 5.98. The molecule has 1 fully saturated rings. The van der Waals surface area contributed by atoms with Crippen molar-refractivity contribution in [3.63, 3.8) is 0 Å². The Kier molecular flexibility index (Phi) is 6.06. The van der Waals surface area contributed by atoms with Crippen molar-refractivity contribution in [3.05, 3.63) is 35.4 Å². The second-order valence-corrected chi connectivity index (χ2v) is 6.28. The molecule has 0 radical (unpaired) electrons. The van der Waals surface area contributed by atoms with E-state index in [1.54, 1.807) is 0 Å². The van der Waals surface area contributed by atoms with E-state index in [1.165, 1.54) is 30.4 Å². The highest BCUT2D eigenvalue weighted by molar-refractivity contribution is 5.26. The lowest BCUT2D eigenvalue weighted by atomic mass is 9.93. The molecule has 1 aromatic carbocycles. The minimum absolute atomic E-state index is 0.333. The third-order valence-corrected chi connectivity index (χ3v) is 3.99. The van der Waals surface area contributed by atoms with Crippen molar-refractivity contribution in [2.24, 2.45) is 5.92 Å². The van der Waals surface area contributed by atoms with E-state index in [4.69, 9.17) is 4.74 Å². The highest BCUT2D eigenvalue weighted by Crippen LogP contribution is 2.27. The Balaban J connectivity index is 2.07. The predicted molar refractivity (Wildman–Crippen MR) is 85.0 cm³/mol. The first-order valence-corrected chi connectivity index (χ1v) is 8.14. The van der Waals surface area contributed by atoms with Crippen LogP contribution in [0.15, 0.2) is 24.3 Å². The van der Waals surface area contributed by atoms with Crippen LogP contribution in [0.3, 0.4) is 0 Å². The van der Waals surface area contributed by atoms with Crippen LogP contribution in [0, 0.1) is 5.92 Å². The maximum absolute atomic E-state index is 5.98. The summed E-state index contributed by atoms with van der Waals surface area (Å²) in [4.78, 5) is 0. The van der Waals surface area contributed by atoms with Gasteiger partial charge < -0.3 is 10.1 Å². The summed E-state index contributed by atoms with van der Waals surface area (Å²) in [6.45, 7) is 8.61. The summed E-state index contributed by atoms with van der Waals surface area (Å²) in [5.41, 5.74) is 2.80. The molecule has 20 heavy (non-hydrogen) atoms. The third-order valence-electron chi connectivity index (χ3n) is 3.99. The van der Waals surface area contributed by atoms with Crippen LogP contribution in [-0.4, -0.2) is 19.3 Å². The minimum atomic E-state index is 0.333. The molecule has 1 saturated heterocycles. The summed E-state index contributed by atoms with van der Waals surface area (Å²) in [6, 6.07) is 9.46. The SMILES string of the molecule is CCNC(c1ccc(CC(C)C)cc1)C1CCCCO1. The van der Waals surface area contributed by atoms with Gasteiger partial charge in [0.1, 0.15) is 0 Å². The summed E-state index contributed by atoms with van der Waals surface area (Å²) in [6.07, 6.45) is 5.16. The lowest BCUT2D eigenvalue weighted by molar-refractivity contribution is -0.00786. The molecule has 1 aliphatic rings. The average molecular weight is 275 g/mol. The second-order valence-electron chi connectivity index (χ2n) is 6.28. The molecule has 2 heteroatoms. The predicted octanol–water partition coefficient (Wildman–Crippen LogP) is 4.10. The molecule has 0 bridgehead atoms. The van der Waals surface area contributed by atoms with Crippen molar-refractivity contribution < 1.29 is 4.74 Å². The van der Waals surface area contributed by atoms with E-state index >= 15 is 0 Å². The van der Waals surface area contributed by atoms with Crippen LogP contribution >= 0.6 is 0 Å². The van der Waals surface area contributed by atoms with Gasteiger partial charge in [-0.25, -0.2) is 0 Å². The van der Waals surface area contributed by atoms with Crippen molar-refractivity contribution >= 4 is 0 Å². The van der Waals surface area contributed by atoms with Crippen LogP contribution < -0.4 is 5.32 Å². The summed E-state index contributed by atoms with van der Waals surface area (Å²) in [5.74, 6) is 0.715. The van der Waals surface area contributed by atoms with Crippen molar-refractivity contribution in [2.75, 3.05) is 13.2 Å². The van der Waals surface area contributed by atoms with Gasteiger partial charge >= 0.3 is 0 Å². The highest BCUT2D eigenvalue weighted by atomic mass is 16.5. The first kappa shape index (κ1) is 15.5. The van der Waals surface area contributed by atoms with Crippen LogP contribution in [0.1, 0.15) is 57.2 Å². The van der Waals surface area contributed by atoms with Crippen LogP contribution in [-0.2, 0) is 11.2 Å². The van der Waals surface area contributed by atoms with Gasteiger partial charge in [-0.1, -0.05) is 45.0 Å². The van der Waals surface area contributed by atoms with Crippen molar-refractivity contribution in [2.45, 2.75) is 58.6 Å². The molecule has 0 saturated carbocycles.